The van der Waals surface area contributed by atoms with Crippen molar-refractivity contribution in [3.05, 3.63) is 41.9 Å². The van der Waals surface area contributed by atoms with E-state index in [0.717, 1.165) is 56.0 Å². The standard InChI is InChI=1S/C23H29F2N7S/c1-4-27-13-19(26-2)22-28-29-23(30(22)3)33-11-5-9-31-14-16-8-10-32(21(16)15-31)20-7-6-17(24)12-18(20)25/h4,6-7,12-13,16,21H,2,5,8-11,14-15H2,1,3H3/b19-13-,27-4-. The minimum absolute atomic E-state index is 0.293. The predicted molar refractivity (Wildman–Crippen MR) is 130 cm³/mol. The quantitative estimate of drug-likeness (QED) is 0.314. The van der Waals surface area contributed by atoms with Crippen LogP contribution in [-0.4, -0.2) is 70.6 Å². The van der Waals surface area contributed by atoms with Crippen LogP contribution in [0.5, 0.6) is 0 Å². The zero-order chi connectivity index (χ0) is 23.4. The molecular formula is C23H29F2N7S. The highest BCUT2D eigenvalue weighted by Crippen LogP contribution is 2.36. The predicted octanol–water partition coefficient (Wildman–Crippen LogP) is 3.88. The van der Waals surface area contributed by atoms with Crippen molar-refractivity contribution in [3.63, 3.8) is 0 Å². The fraction of sp³-hybridized carbons (Fsp3) is 0.478. The van der Waals surface area contributed by atoms with E-state index in [-0.39, 0.29) is 0 Å². The lowest BCUT2D eigenvalue weighted by Crippen LogP contribution is -2.36. The molecule has 4 rings (SSSR count). The number of thioether (sulfide) groups is 1. The Morgan fingerprint density at radius 3 is 2.91 bits per heavy atom. The molecule has 2 atom stereocenters. The minimum Gasteiger partial charge on any atom is -0.365 e. The molecule has 1 aromatic carbocycles. The van der Waals surface area contributed by atoms with Crippen LogP contribution in [0.3, 0.4) is 0 Å². The molecule has 2 aliphatic heterocycles. The minimum atomic E-state index is -0.532. The van der Waals surface area contributed by atoms with Crippen LogP contribution in [0.2, 0.25) is 0 Å². The summed E-state index contributed by atoms with van der Waals surface area (Å²) in [5.41, 5.74) is 1.10. The number of likely N-dealkylation sites (tertiary alicyclic amines) is 1. The summed E-state index contributed by atoms with van der Waals surface area (Å²) in [4.78, 5) is 12.7. The Hall–Kier alpha value is -2.59. The Kier molecular flexibility index (Phi) is 7.54. The third-order valence-corrected chi connectivity index (χ3v) is 7.38. The van der Waals surface area contributed by atoms with Gasteiger partial charge in [0.1, 0.15) is 17.3 Å². The van der Waals surface area contributed by atoms with E-state index in [1.807, 2.05) is 18.5 Å². The Balaban J connectivity index is 1.28. The van der Waals surface area contributed by atoms with Gasteiger partial charge in [-0.3, -0.25) is 9.98 Å². The fourth-order valence-corrected chi connectivity index (χ4v) is 5.51. The molecule has 33 heavy (non-hydrogen) atoms. The van der Waals surface area contributed by atoms with Crippen LogP contribution < -0.4 is 4.90 Å². The lowest BCUT2D eigenvalue weighted by atomic mass is 10.0. The summed E-state index contributed by atoms with van der Waals surface area (Å²) >= 11 is 1.66. The maximum Gasteiger partial charge on any atom is 0.191 e. The van der Waals surface area contributed by atoms with Crippen LogP contribution in [0.25, 0.3) is 5.70 Å². The Morgan fingerprint density at radius 2 is 2.15 bits per heavy atom. The molecule has 2 unspecified atom stereocenters. The van der Waals surface area contributed by atoms with E-state index >= 15 is 0 Å². The Labute approximate surface area is 197 Å². The topological polar surface area (TPSA) is 61.9 Å². The number of fused-ring (bicyclic) bond motifs is 1. The first-order chi connectivity index (χ1) is 16.0. The average molecular weight is 474 g/mol. The van der Waals surface area contributed by atoms with E-state index in [1.165, 1.54) is 6.07 Å². The molecule has 7 nitrogen and oxygen atoms in total. The van der Waals surface area contributed by atoms with Crippen molar-refractivity contribution in [2.24, 2.45) is 23.0 Å². The maximum atomic E-state index is 14.3. The highest BCUT2D eigenvalue weighted by molar-refractivity contribution is 7.99. The van der Waals surface area contributed by atoms with Gasteiger partial charge in [0.2, 0.25) is 0 Å². The normalized spacial score (nSPS) is 21.3. The molecule has 0 N–H and O–H groups in total. The van der Waals surface area contributed by atoms with Crippen LogP contribution >= 0.6 is 11.8 Å². The fourth-order valence-electron chi connectivity index (χ4n) is 4.67. The summed E-state index contributed by atoms with van der Waals surface area (Å²) in [5.74, 6) is 1.08. The van der Waals surface area contributed by atoms with Gasteiger partial charge in [0.05, 0.1) is 11.9 Å². The number of nitrogens with zero attached hydrogens (tertiary/aromatic N) is 7. The van der Waals surface area contributed by atoms with Gasteiger partial charge in [-0.15, -0.1) is 10.2 Å². The van der Waals surface area contributed by atoms with Crippen LogP contribution in [0.4, 0.5) is 14.5 Å². The number of hydrogen-bond acceptors (Lipinski definition) is 7. The Morgan fingerprint density at radius 1 is 1.30 bits per heavy atom. The third kappa shape index (κ3) is 5.16. The van der Waals surface area contributed by atoms with Crippen molar-refractivity contribution in [1.82, 2.24) is 19.7 Å². The summed E-state index contributed by atoms with van der Waals surface area (Å²) in [5, 5.41) is 9.34. The summed E-state index contributed by atoms with van der Waals surface area (Å²) < 4.78 is 29.5. The van der Waals surface area contributed by atoms with Crippen molar-refractivity contribution < 1.29 is 8.78 Å². The highest BCUT2D eigenvalue weighted by Gasteiger charge is 2.41. The van der Waals surface area contributed by atoms with E-state index in [1.54, 1.807) is 30.2 Å². The van der Waals surface area contributed by atoms with Crippen LogP contribution in [0, 0.1) is 17.6 Å². The molecule has 3 heterocycles. The lowest BCUT2D eigenvalue weighted by Gasteiger charge is -2.27. The zero-order valence-corrected chi connectivity index (χ0v) is 19.8. The van der Waals surface area contributed by atoms with Gasteiger partial charge >= 0.3 is 0 Å². The van der Waals surface area contributed by atoms with Gasteiger partial charge in [0.25, 0.3) is 0 Å². The number of hydrogen-bond donors (Lipinski definition) is 0. The molecule has 2 fully saturated rings. The first kappa shape index (κ1) is 23.6. The van der Waals surface area contributed by atoms with Gasteiger partial charge in [0, 0.05) is 50.8 Å². The van der Waals surface area contributed by atoms with Crippen molar-refractivity contribution in [1.29, 1.82) is 0 Å². The summed E-state index contributed by atoms with van der Waals surface area (Å²) in [6.07, 6.45) is 5.36. The molecule has 2 aliphatic rings. The molecule has 10 heteroatoms. The molecule has 2 saturated heterocycles. The lowest BCUT2D eigenvalue weighted by molar-refractivity contribution is 0.319. The molecule has 0 aliphatic carbocycles. The SMILES string of the molecule is C=N/C(=C\N=C/C)c1nnc(SCCCN2CC3CCN(c4ccc(F)cc4F)C3C2)n1C. The monoisotopic (exact) mass is 473 g/mol. The molecule has 0 spiro atoms. The highest BCUT2D eigenvalue weighted by atomic mass is 32.2. The van der Waals surface area contributed by atoms with Crippen LogP contribution in [0.15, 0.2) is 39.5 Å². The van der Waals surface area contributed by atoms with E-state index in [2.05, 4.69) is 36.7 Å². The largest absolute Gasteiger partial charge is 0.365 e. The zero-order valence-electron chi connectivity index (χ0n) is 19.0. The average Bonchev–Trinajstić information content (AvgIpc) is 3.47. The summed E-state index contributed by atoms with van der Waals surface area (Å²) in [6, 6.07) is 4.18. The smallest absolute Gasteiger partial charge is 0.191 e. The second-order valence-corrected chi connectivity index (χ2v) is 9.37. The van der Waals surface area contributed by atoms with Gasteiger partial charge in [-0.2, -0.15) is 0 Å². The van der Waals surface area contributed by atoms with Gasteiger partial charge in [-0.1, -0.05) is 11.8 Å². The van der Waals surface area contributed by atoms with Gasteiger partial charge in [0.15, 0.2) is 11.0 Å². The molecular weight excluding hydrogens is 444 g/mol. The third-order valence-electron chi connectivity index (χ3n) is 6.27. The van der Waals surface area contributed by atoms with E-state index < -0.39 is 11.6 Å². The van der Waals surface area contributed by atoms with Crippen molar-refractivity contribution >= 4 is 36.1 Å². The van der Waals surface area contributed by atoms with E-state index in [9.17, 15) is 8.78 Å². The van der Waals surface area contributed by atoms with Crippen molar-refractivity contribution in [3.8, 4) is 0 Å². The number of anilines is 1. The van der Waals surface area contributed by atoms with E-state index in [4.69, 9.17) is 0 Å². The second-order valence-electron chi connectivity index (χ2n) is 8.31. The second kappa shape index (κ2) is 10.6. The number of aromatic nitrogens is 3. The first-order valence-electron chi connectivity index (χ1n) is 11.1. The maximum absolute atomic E-state index is 14.3. The van der Waals surface area contributed by atoms with Crippen LogP contribution in [-0.2, 0) is 7.05 Å². The summed E-state index contributed by atoms with van der Waals surface area (Å²) in [7, 11) is 1.91. The van der Waals surface area contributed by atoms with Crippen molar-refractivity contribution in [2.45, 2.75) is 31.0 Å². The molecule has 0 amide bonds. The summed E-state index contributed by atoms with van der Waals surface area (Å²) in [6.45, 7) is 9.18. The van der Waals surface area contributed by atoms with Gasteiger partial charge in [-0.05, 0) is 51.1 Å². The molecule has 1 aromatic heterocycles. The molecule has 2 aromatic rings. The molecule has 0 radical (unpaired) electrons. The van der Waals surface area contributed by atoms with Crippen molar-refractivity contribution in [2.75, 3.05) is 36.8 Å². The van der Waals surface area contributed by atoms with Gasteiger partial charge < -0.3 is 14.4 Å². The molecule has 176 valence electrons. The number of benzene rings is 1. The molecule has 0 saturated carbocycles. The van der Waals surface area contributed by atoms with E-state index in [0.29, 0.717) is 29.2 Å². The Bertz CT molecular complexity index is 1050. The number of halogens is 2. The first-order valence-corrected chi connectivity index (χ1v) is 12.1. The number of rotatable bonds is 9. The van der Waals surface area contributed by atoms with Crippen LogP contribution in [0.1, 0.15) is 25.6 Å². The molecule has 0 bridgehead atoms. The van der Waals surface area contributed by atoms with Gasteiger partial charge in [-0.25, -0.2) is 8.78 Å². The number of aliphatic imine (C=N–C) groups is 2.